The maximum atomic E-state index is 13.3. The topological polar surface area (TPSA) is 79.3 Å². The fourth-order valence-corrected chi connectivity index (χ4v) is 7.06. The molecule has 4 heterocycles. The first-order valence-corrected chi connectivity index (χ1v) is 14.0. The summed E-state index contributed by atoms with van der Waals surface area (Å²) in [4.78, 5) is 29.3. The Hall–Kier alpha value is -2.12. The minimum Gasteiger partial charge on any atom is -0.487 e. The molecule has 1 spiro atoms. The average molecular weight is 499 g/mol. The Morgan fingerprint density at radius 2 is 1.83 bits per heavy atom. The molecule has 1 N–H and O–H groups in total. The van der Waals surface area contributed by atoms with Gasteiger partial charge in [0.2, 0.25) is 5.91 Å². The fraction of sp³-hybridized carbons (Fsp3) is 0.724. The molecule has 3 saturated heterocycles. The number of likely N-dealkylation sites (tertiary alicyclic amines) is 2. The van der Waals surface area contributed by atoms with E-state index < -0.39 is 11.6 Å². The summed E-state index contributed by atoms with van der Waals surface area (Å²) < 4.78 is 13.2. The Morgan fingerprint density at radius 1 is 1.06 bits per heavy atom. The number of aliphatic carboxylic acids is 1. The Labute approximate surface area is 215 Å². The highest BCUT2D eigenvalue weighted by atomic mass is 16.5. The van der Waals surface area contributed by atoms with Gasteiger partial charge in [0.05, 0.1) is 12.7 Å². The molecule has 7 heteroatoms. The van der Waals surface area contributed by atoms with E-state index in [0.29, 0.717) is 19.4 Å². The number of carbonyl (C=O) groups is 2. The van der Waals surface area contributed by atoms with Gasteiger partial charge in [0, 0.05) is 49.4 Å². The summed E-state index contributed by atoms with van der Waals surface area (Å²) in [5, 5.41) is 9.41. The third-order valence-corrected chi connectivity index (χ3v) is 9.13. The molecule has 0 saturated carbocycles. The molecule has 0 bridgehead atoms. The normalized spacial score (nSPS) is 32.8. The summed E-state index contributed by atoms with van der Waals surface area (Å²) in [6, 6.07) is 8.00. The third-order valence-electron chi connectivity index (χ3n) is 9.13. The summed E-state index contributed by atoms with van der Waals surface area (Å²) in [7, 11) is 0. The number of para-hydroxylation sites is 1. The molecule has 1 aromatic carbocycles. The van der Waals surface area contributed by atoms with Gasteiger partial charge in [0.1, 0.15) is 11.4 Å². The van der Waals surface area contributed by atoms with Gasteiger partial charge in [-0.1, -0.05) is 31.0 Å². The molecule has 0 unspecified atom stereocenters. The lowest BCUT2D eigenvalue weighted by Gasteiger charge is -2.55. The molecule has 1 aromatic rings. The van der Waals surface area contributed by atoms with E-state index in [4.69, 9.17) is 9.47 Å². The van der Waals surface area contributed by atoms with Crippen LogP contribution < -0.4 is 4.74 Å². The van der Waals surface area contributed by atoms with Crippen molar-refractivity contribution in [2.75, 3.05) is 39.3 Å². The maximum Gasteiger partial charge on any atom is 0.303 e. The molecular formula is C29H42N2O5. The molecule has 0 aromatic heterocycles. The van der Waals surface area contributed by atoms with E-state index in [9.17, 15) is 14.7 Å². The predicted molar refractivity (Wildman–Crippen MR) is 137 cm³/mol. The quantitative estimate of drug-likeness (QED) is 0.615. The fourth-order valence-electron chi connectivity index (χ4n) is 7.06. The Balaban J connectivity index is 1.29. The van der Waals surface area contributed by atoms with Gasteiger partial charge in [-0.3, -0.25) is 9.59 Å². The van der Waals surface area contributed by atoms with Gasteiger partial charge in [-0.15, -0.1) is 0 Å². The van der Waals surface area contributed by atoms with Crippen LogP contribution in [0, 0.1) is 11.3 Å². The number of piperidine rings is 1. The molecule has 7 nitrogen and oxygen atoms in total. The molecule has 4 aliphatic rings. The highest BCUT2D eigenvalue weighted by Gasteiger charge is 2.54. The minimum absolute atomic E-state index is 0.0488. The largest absolute Gasteiger partial charge is 0.487 e. The lowest BCUT2D eigenvalue weighted by Crippen LogP contribution is -2.57. The predicted octanol–water partition coefficient (Wildman–Crippen LogP) is 4.66. The van der Waals surface area contributed by atoms with Crippen LogP contribution in [0.15, 0.2) is 24.3 Å². The Kier molecular flexibility index (Phi) is 7.59. The van der Waals surface area contributed by atoms with Crippen molar-refractivity contribution in [1.29, 1.82) is 0 Å². The third kappa shape index (κ3) is 5.42. The van der Waals surface area contributed by atoms with Crippen LogP contribution in [-0.4, -0.2) is 71.7 Å². The number of hydrogen-bond donors (Lipinski definition) is 1. The number of carboxylic acids is 1. The number of ether oxygens (including phenoxy) is 2. The van der Waals surface area contributed by atoms with Crippen molar-refractivity contribution in [3.8, 4) is 5.75 Å². The zero-order valence-corrected chi connectivity index (χ0v) is 21.8. The molecule has 0 aliphatic carbocycles. The van der Waals surface area contributed by atoms with Gasteiger partial charge in [-0.25, -0.2) is 0 Å². The van der Waals surface area contributed by atoms with E-state index in [1.54, 1.807) is 0 Å². The van der Waals surface area contributed by atoms with Crippen LogP contribution in [0.4, 0.5) is 0 Å². The van der Waals surface area contributed by atoms with Crippen LogP contribution in [0.1, 0.15) is 82.8 Å². The van der Waals surface area contributed by atoms with Crippen LogP contribution in [-0.2, 0) is 14.3 Å². The van der Waals surface area contributed by atoms with Crippen molar-refractivity contribution in [3.63, 3.8) is 0 Å². The van der Waals surface area contributed by atoms with Crippen molar-refractivity contribution in [3.05, 3.63) is 29.8 Å². The van der Waals surface area contributed by atoms with Crippen molar-refractivity contribution in [1.82, 2.24) is 9.80 Å². The first-order chi connectivity index (χ1) is 17.4. The molecule has 4 atom stereocenters. The number of benzene rings is 1. The Bertz CT molecular complexity index is 945. The average Bonchev–Trinajstić information content (AvgIpc) is 3.15. The standard InChI is InChI=1S/C29H42N2O5/c1-28(14-11-26(33)34)23-19-29(21-35-27(23)22-9-4-5-10-24(22)36-28)13-8-17-31(20-29)25(32)12-18-30-15-6-2-3-7-16-30/h4-5,9-10,23,27H,2-3,6-8,11-21H2,1H3,(H,33,34)/t23-,27+,28-,29-/m1/s1. The first-order valence-electron chi connectivity index (χ1n) is 14.0. The van der Waals surface area contributed by atoms with E-state index in [-0.39, 0.29) is 29.8 Å². The van der Waals surface area contributed by atoms with E-state index in [1.165, 1.54) is 25.7 Å². The van der Waals surface area contributed by atoms with E-state index in [0.717, 1.165) is 63.3 Å². The van der Waals surface area contributed by atoms with E-state index in [2.05, 4.69) is 22.8 Å². The van der Waals surface area contributed by atoms with Crippen molar-refractivity contribution in [2.24, 2.45) is 11.3 Å². The molecule has 0 radical (unpaired) electrons. The summed E-state index contributed by atoms with van der Waals surface area (Å²) >= 11 is 0. The number of amides is 1. The summed E-state index contributed by atoms with van der Waals surface area (Å²) in [6.07, 6.45) is 9.00. The van der Waals surface area contributed by atoms with Crippen molar-refractivity contribution >= 4 is 11.9 Å². The first kappa shape index (κ1) is 25.5. The summed E-state index contributed by atoms with van der Waals surface area (Å²) in [6.45, 7) is 7.33. The number of fused-ring (bicyclic) bond motifs is 3. The smallest absolute Gasteiger partial charge is 0.303 e. The van der Waals surface area contributed by atoms with Gasteiger partial charge < -0.3 is 24.4 Å². The van der Waals surface area contributed by atoms with Crippen LogP contribution in [0.2, 0.25) is 0 Å². The van der Waals surface area contributed by atoms with Crippen molar-refractivity contribution < 1.29 is 24.2 Å². The molecule has 5 rings (SSSR count). The maximum absolute atomic E-state index is 13.3. The molecule has 4 aliphatic heterocycles. The highest BCUT2D eigenvalue weighted by Crippen LogP contribution is 2.56. The lowest BCUT2D eigenvalue weighted by atomic mass is 9.64. The minimum atomic E-state index is -0.805. The Morgan fingerprint density at radius 3 is 2.61 bits per heavy atom. The second-order valence-corrected chi connectivity index (χ2v) is 11.8. The molecule has 198 valence electrons. The van der Waals surface area contributed by atoms with Gasteiger partial charge in [0.25, 0.3) is 0 Å². The number of carbonyl (C=O) groups excluding carboxylic acids is 1. The lowest BCUT2D eigenvalue weighted by molar-refractivity contribution is -0.185. The van der Waals surface area contributed by atoms with Gasteiger partial charge >= 0.3 is 5.97 Å². The number of nitrogens with zero attached hydrogens (tertiary/aromatic N) is 2. The van der Waals surface area contributed by atoms with Gasteiger partial charge in [-0.05, 0) is 64.6 Å². The highest BCUT2D eigenvalue weighted by molar-refractivity contribution is 5.76. The molecule has 1 amide bonds. The van der Waals surface area contributed by atoms with Crippen LogP contribution in [0.3, 0.4) is 0 Å². The summed E-state index contributed by atoms with van der Waals surface area (Å²) in [5.41, 5.74) is 0.341. The van der Waals surface area contributed by atoms with Crippen LogP contribution >= 0.6 is 0 Å². The zero-order chi connectivity index (χ0) is 25.2. The van der Waals surface area contributed by atoms with Gasteiger partial charge in [0.15, 0.2) is 0 Å². The SMILES string of the molecule is C[C@]1(CCC(=O)O)Oc2ccccc2[C@@H]2OC[C@]3(CCCN(C(=O)CCN4CCCCCC4)C3)C[C@H]21. The number of rotatable bonds is 6. The number of carboxylic acid groups (broad SMARTS) is 1. The van der Waals surface area contributed by atoms with Crippen molar-refractivity contribution in [2.45, 2.75) is 82.8 Å². The molecular weight excluding hydrogens is 456 g/mol. The van der Waals surface area contributed by atoms with Gasteiger partial charge in [-0.2, -0.15) is 0 Å². The number of hydrogen-bond acceptors (Lipinski definition) is 5. The summed E-state index contributed by atoms with van der Waals surface area (Å²) in [5.74, 6) is 0.309. The van der Waals surface area contributed by atoms with Crippen LogP contribution in [0.25, 0.3) is 0 Å². The monoisotopic (exact) mass is 498 g/mol. The zero-order valence-electron chi connectivity index (χ0n) is 21.8. The molecule has 36 heavy (non-hydrogen) atoms. The second-order valence-electron chi connectivity index (χ2n) is 11.8. The van der Waals surface area contributed by atoms with E-state index >= 15 is 0 Å². The second kappa shape index (κ2) is 10.7. The van der Waals surface area contributed by atoms with E-state index in [1.807, 2.05) is 18.2 Å². The van der Waals surface area contributed by atoms with Crippen LogP contribution in [0.5, 0.6) is 5.75 Å². The molecule has 3 fully saturated rings.